The van der Waals surface area contributed by atoms with Gasteiger partial charge in [0.05, 0.1) is 0 Å². The molecular formula is C29H51N. The van der Waals surface area contributed by atoms with E-state index in [2.05, 4.69) is 59.7 Å². The predicted molar refractivity (Wildman–Crippen MR) is 131 cm³/mol. The standard InChI is InChI=1S/C29H51N/c1-20(2)9-8-10-21(3)25-13-14-26-24-12-11-22-19-23(30(6)7)15-17-28(22,4)27(24)16-18-29(25,26)5/h11,20-21,23-27H,8-10,12-19H2,1-7H3/t21-,23+,24-,25+,26-,27-,28-,29+/m0/s1. The van der Waals surface area contributed by atoms with E-state index in [1.165, 1.54) is 70.6 Å². The van der Waals surface area contributed by atoms with Crippen LogP contribution in [0.1, 0.15) is 105 Å². The van der Waals surface area contributed by atoms with Crippen molar-refractivity contribution in [2.45, 2.75) is 111 Å². The summed E-state index contributed by atoms with van der Waals surface area (Å²) in [6.45, 7) is 12.8. The first-order chi connectivity index (χ1) is 14.2. The number of nitrogens with zero attached hydrogens (tertiary/aromatic N) is 1. The molecule has 4 aliphatic rings. The Balaban J connectivity index is 1.48. The van der Waals surface area contributed by atoms with Crippen LogP contribution in [-0.4, -0.2) is 25.0 Å². The molecule has 30 heavy (non-hydrogen) atoms. The van der Waals surface area contributed by atoms with E-state index < -0.39 is 0 Å². The van der Waals surface area contributed by atoms with Crippen LogP contribution in [0, 0.1) is 46.3 Å². The quantitative estimate of drug-likeness (QED) is 0.399. The predicted octanol–water partition coefficient (Wildman–Crippen LogP) is 7.96. The van der Waals surface area contributed by atoms with E-state index in [4.69, 9.17) is 0 Å². The van der Waals surface area contributed by atoms with Gasteiger partial charge in [0.1, 0.15) is 0 Å². The minimum atomic E-state index is 0.512. The molecule has 0 amide bonds. The van der Waals surface area contributed by atoms with Crippen molar-refractivity contribution >= 4 is 0 Å². The van der Waals surface area contributed by atoms with Crippen molar-refractivity contribution in [2.24, 2.45) is 46.3 Å². The van der Waals surface area contributed by atoms with Gasteiger partial charge in [-0.3, -0.25) is 0 Å². The molecule has 0 radical (unpaired) electrons. The molecule has 0 heterocycles. The van der Waals surface area contributed by atoms with Crippen LogP contribution in [0.15, 0.2) is 11.6 Å². The summed E-state index contributed by atoms with van der Waals surface area (Å²) in [6.07, 6.45) is 18.7. The molecule has 1 heteroatoms. The third kappa shape index (κ3) is 3.84. The highest BCUT2D eigenvalue weighted by molar-refractivity contribution is 5.26. The molecule has 0 aromatic carbocycles. The van der Waals surface area contributed by atoms with Crippen LogP contribution in [0.5, 0.6) is 0 Å². The number of hydrogen-bond donors (Lipinski definition) is 0. The Hall–Kier alpha value is -0.300. The van der Waals surface area contributed by atoms with Gasteiger partial charge in [0, 0.05) is 6.04 Å². The molecule has 0 saturated heterocycles. The van der Waals surface area contributed by atoms with Gasteiger partial charge in [-0.25, -0.2) is 0 Å². The first-order valence-electron chi connectivity index (χ1n) is 13.5. The van der Waals surface area contributed by atoms with E-state index in [1.54, 1.807) is 0 Å². The van der Waals surface area contributed by atoms with Crippen molar-refractivity contribution in [3.63, 3.8) is 0 Å². The maximum absolute atomic E-state index is 2.75. The Bertz CT molecular complexity index is 632. The minimum Gasteiger partial charge on any atom is -0.306 e. The monoisotopic (exact) mass is 413 g/mol. The molecule has 0 N–H and O–H groups in total. The maximum Gasteiger partial charge on any atom is 0.0127 e. The number of hydrogen-bond acceptors (Lipinski definition) is 1. The van der Waals surface area contributed by atoms with E-state index in [-0.39, 0.29) is 0 Å². The van der Waals surface area contributed by atoms with Gasteiger partial charge in [0.25, 0.3) is 0 Å². The first-order valence-corrected chi connectivity index (χ1v) is 13.5. The van der Waals surface area contributed by atoms with Crippen LogP contribution in [0.3, 0.4) is 0 Å². The molecule has 172 valence electrons. The Morgan fingerprint density at radius 1 is 0.967 bits per heavy atom. The van der Waals surface area contributed by atoms with Crippen LogP contribution in [0.4, 0.5) is 0 Å². The Kier molecular flexibility index (Phi) is 6.53. The normalized spacial score (nSPS) is 44.4. The lowest BCUT2D eigenvalue weighted by Gasteiger charge is -2.59. The van der Waals surface area contributed by atoms with E-state index in [9.17, 15) is 0 Å². The number of rotatable bonds is 6. The SMILES string of the molecule is CC(C)CCC[C@H](C)[C@H]1CC[C@H]2[C@@H]3CC=C4C[C@H](N(C)C)CC[C@]4(C)[C@H]3CC[C@]12C. The van der Waals surface area contributed by atoms with Gasteiger partial charge in [0.15, 0.2) is 0 Å². The second-order valence-corrected chi connectivity index (χ2v) is 13.1. The smallest absolute Gasteiger partial charge is 0.0127 e. The zero-order valence-corrected chi connectivity index (χ0v) is 21.3. The van der Waals surface area contributed by atoms with Crippen molar-refractivity contribution in [1.29, 1.82) is 0 Å². The topological polar surface area (TPSA) is 3.24 Å². The fraction of sp³-hybridized carbons (Fsp3) is 0.931. The lowest BCUT2D eigenvalue weighted by atomic mass is 9.47. The van der Waals surface area contributed by atoms with Crippen LogP contribution in [0.25, 0.3) is 0 Å². The van der Waals surface area contributed by atoms with E-state index in [0.29, 0.717) is 10.8 Å². The summed E-state index contributed by atoms with van der Waals surface area (Å²) in [7, 11) is 4.57. The number of fused-ring (bicyclic) bond motifs is 5. The molecular weight excluding hydrogens is 362 g/mol. The van der Waals surface area contributed by atoms with E-state index in [0.717, 1.165) is 41.5 Å². The largest absolute Gasteiger partial charge is 0.306 e. The fourth-order valence-corrected chi connectivity index (χ4v) is 9.11. The summed E-state index contributed by atoms with van der Waals surface area (Å²) in [6, 6.07) is 0.775. The van der Waals surface area contributed by atoms with Gasteiger partial charge in [-0.2, -0.15) is 0 Å². The molecule has 1 nitrogen and oxygen atoms in total. The average molecular weight is 414 g/mol. The summed E-state index contributed by atoms with van der Waals surface area (Å²) < 4.78 is 0. The molecule has 0 aromatic rings. The summed E-state index contributed by atoms with van der Waals surface area (Å²) in [4.78, 5) is 2.48. The highest BCUT2D eigenvalue weighted by Gasteiger charge is 2.59. The second kappa shape index (κ2) is 8.57. The third-order valence-corrected chi connectivity index (χ3v) is 11.0. The average Bonchev–Trinajstić information content (AvgIpc) is 3.04. The van der Waals surface area contributed by atoms with Crippen molar-refractivity contribution < 1.29 is 0 Å². The van der Waals surface area contributed by atoms with Crippen molar-refractivity contribution in [3.8, 4) is 0 Å². The van der Waals surface area contributed by atoms with E-state index in [1.807, 2.05) is 5.57 Å². The minimum absolute atomic E-state index is 0.512. The van der Waals surface area contributed by atoms with Crippen molar-refractivity contribution in [1.82, 2.24) is 4.90 Å². The summed E-state index contributed by atoms with van der Waals surface area (Å²) in [5.74, 6) is 5.71. The Morgan fingerprint density at radius 3 is 2.43 bits per heavy atom. The summed E-state index contributed by atoms with van der Waals surface area (Å²) >= 11 is 0. The van der Waals surface area contributed by atoms with Gasteiger partial charge < -0.3 is 4.90 Å². The van der Waals surface area contributed by atoms with Gasteiger partial charge >= 0.3 is 0 Å². The molecule has 0 bridgehead atoms. The van der Waals surface area contributed by atoms with Gasteiger partial charge in [-0.15, -0.1) is 0 Å². The molecule has 0 aliphatic heterocycles. The summed E-state index contributed by atoms with van der Waals surface area (Å²) in [5, 5.41) is 0. The zero-order valence-electron chi connectivity index (χ0n) is 21.3. The first kappa shape index (κ1) is 22.9. The van der Waals surface area contributed by atoms with E-state index >= 15 is 0 Å². The maximum atomic E-state index is 2.75. The second-order valence-electron chi connectivity index (χ2n) is 13.1. The molecule has 0 spiro atoms. The zero-order chi connectivity index (χ0) is 21.7. The number of allylic oxidation sites excluding steroid dienone is 1. The Labute approximate surface area is 188 Å². The third-order valence-electron chi connectivity index (χ3n) is 11.0. The van der Waals surface area contributed by atoms with Crippen LogP contribution >= 0.6 is 0 Å². The van der Waals surface area contributed by atoms with Crippen molar-refractivity contribution in [3.05, 3.63) is 11.6 Å². The van der Waals surface area contributed by atoms with Gasteiger partial charge in [0.2, 0.25) is 0 Å². The molecule has 4 aliphatic carbocycles. The van der Waals surface area contributed by atoms with Crippen LogP contribution in [-0.2, 0) is 0 Å². The van der Waals surface area contributed by atoms with Crippen molar-refractivity contribution in [2.75, 3.05) is 14.1 Å². The Morgan fingerprint density at radius 2 is 1.73 bits per heavy atom. The molecule has 3 fully saturated rings. The van der Waals surface area contributed by atoms with Gasteiger partial charge in [-0.1, -0.05) is 65.5 Å². The van der Waals surface area contributed by atoms with Crippen LogP contribution < -0.4 is 0 Å². The molecule has 0 aromatic heterocycles. The highest BCUT2D eigenvalue weighted by atomic mass is 15.1. The molecule has 0 unspecified atom stereocenters. The fourth-order valence-electron chi connectivity index (χ4n) is 9.11. The molecule has 8 atom stereocenters. The lowest BCUT2D eigenvalue weighted by Crippen LogP contribution is -2.51. The lowest BCUT2D eigenvalue weighted by molar-refractivity contribution is -0.0535. The molecule has 3 saturated carbocycles. The van der Waals surface area contributed by atoms with Gasteiger partial charge in [-0.05, 0) is 112 Å². The highest BCUT2D eigenvalue weighted by Crippen LogP contribution is 2.67. The summed E-state index contributed by atoms with van der Waals surface area (Å²) in [5.41, 5.74) is 2.98. The van der Waals surface area contributed by atoms with Crippen LogP contribution in [0.2, 0.25) is 0 Å². The molecule has 4 rings (SSSR count).